The number of benzene rings is 1. The van der Waals surface area contributed by atoms with E-state index >= 15 is 0 Å². The number of nitrogens with two attached hydrogens (primary N) is 1. The molecule has 1 rings (SSSR count). The number of carbonyl (C=O) groups excluding carboxylic acids is 1. The molecule has 0 aliphatic carbocycles. The van der Waals surface area contributed by atoms with Crippen molar-refractivity contribution in [1.82, 2.24) is 0 Å². The van der Waals surface area contributed by atoms with Crippen LogP contribution in [0.1, 0.15) is 15.9 Å². The van der Waals surface area contributed by atoms with E-state index in [0.717, 1.165) is 6.07 Å². The van der Waals surface area contributed by atoms with Crippen LogP contribution in [-0.2, 0) is 0 Å². The van der Waals surface area contributed by atoms with Gasteiger partial charge in [0.25, 0.3) is 0 Å². The van der Waals surface area contributed by atoms with Gasteiger partial charge < -0.3 is 10.9 Å². The van der Waals surface area contributed by atoms with Gasteiger partial charge in [-0.2, -0.15) is 0 Å². The third-order valence-corrected chi connectivity index (χ3v) is 1.51. The molecule has 4 nitrogen and oxygen atoms in total. The predicted octanol–water partition coefficient (Wildman–Crippen LogP) is 0.733. The maximum absolute atomic E-state index is 13.0. The zero-order valence-corrected chi connectivity index (χ0v) is 6.57. The van der Waals surface area contributed by atoms with Gasteiger partial charge in [-0.1, -0.05) is 11.2 Å². The van der Waals surface area contributed by atoms with Crippen LogP contribution in [0.2, 0.25) is 0 Å². The van der Waals surface area contributed by atoms with Gasteiger partial charge in [0.1, 0.15) is 12.1 Å². The Morgan fingerprint density at radius 1 is 1.62 bits per heavy atom. The maximum Gasteiger partial charge on any atom is 0.173 e. The van der Waals surface area contributed by atoms with Gasteiger partial charge in [0.15, 0.2) is 5.84 Å². The summed E-state index contributed by atoms with van der Waals surface area (Å²) >= 11 is 0. The van der Waals surface area contributed by atoms with Gasteiger partial charge in [-0.25, -0.2) is 4.39 Å². The molecule has 0 spiro atoms. The Kier molecular flexibility index (Phi) is 2.59. The van der Waals surface area contributed by atoms with E-state index in [1.807, 2.05) is 0 Å². The summed E-state index contributed by atoms with van der Waals surface area (Å²) in [7, 11) is 0. The van der Waals surface area contributed by atoms with Crippen LogP contribution in [0.25, 0.3) is 0 Å². The number of halogens is 1. The lowest BCUT2D eigenvalue weighted by Gasteiger charge is -2.00. The lowest BCUT2D eigenvalue weighted by atomic mass is 10.1. The zero-order valence-electron chi connectivity index (χ0n) is 6.57. The van der Waals surface area contributed by atoms with Crippen LogP contribution in [-0.4, -0.2) is 17.3 Å². The van der Waals surface area contributed by atoms with E-state index < -0.39 is 5.82 Å². The maximum atomic E-state index is 13.0. The van der Waals surface area contributed by atoms with Crippen molar-refractivity contribution in [2.45, 2.75) is 0 Å². The van der Waals surface area contributed by atoms with Crippen LogP contribution in [0.3, 0.4) is 0 Å². The fraction of sp³-hybridized carbons (Fsp3) is 0. The Morgan fingerprint density at radius 3 is 2.77 bits per heavy atom. The molecular formula is C8H7FN2O2. The smallest absolute Gasteiger partial charge is 0.173 e. The third-order valence-electron chi connectivity index (χ3n) is 1.51. The molecule has 0 aliphatic rings. The average Bonchev–Trinajstić information content (AvgIpc) is 2.16. The van der Waals surface area contributed by atoms with Crippen molar-refractivity contribution in [2.75, 3.05) is 0 Å². The van der Waals surface area contributed by atoms with E-state index in [-0.39, 0.29) is 17.0 Å². The number of carbonyl (C=O) groups is 1. The molecule has 68 valence electrons. The number of oxime groups is 1. The quantitative estimate of drug-likeness (QED) is 0.233. The van der Waals surface area contributed by atoms with Crippen LogP contribution < -0.4 is 5.73 Å². The minimum absolute atomic E-state index is 0.0342. The highest BCUT2D eigenvalue weighted by molar-refractivity contribution is 5.97. The van der Waals surface area contributed by atoms with Gasteiger partial charge in [0, 0.05) is 5.56 Å². The van der Waals surface area contributed by atoms with Gasteiger partial charge in [-0.05, 0) is 12.1 Å². The third kappa shape index (κ3) is 1.81. The number of hydrogen-bond donors (Lipinski definition) is 2. The van der Waals surface area contributed by atoms with E-state index in [2.05, 4.69) is 5.16 Å². The molecule has 0 saturated heterocycles. The van der Waals surface area contributed by atoms with Crippen molar-refractivity contribution >= 4 is 12.1 Å². The summed E-state index contributed by atoms with van der Waals surface area (Å²) in [6.45, 7) is 0. The SMILES string of the molecule is N/C(=N\O)c1ccc(C=O)cc1F. The molecule has 0 bridgehead atoms. The van der Waals surface area contributed by atoms with Crippen molar-refractivity contribution in [2.24, 2.45) is 10.9 Å². The fourth-order valence-corrected chi connectivity index (χ4v) is 0.866. The standard InChI is InChI=1S/C8H7FN2O2/c9-7-3-5(4-12)1-2-6(7)8(10)11-13/h1-4,13H,(H2,10,11). The molecule has 0 fully saturated rings. The number of rotatable bonds is 2. The fourth-order valence-electron chi connectivity index (χ4n) is 0.866. The molecule has 0 atom stereocenters. The van der Waals surface area contributed by atoms with Gasteiger partial charge in [-0.3, -0.25) is 4.79 Å². The summed E-state index contributed by atoms with van der Waals surface area (Å²) in [6.07, 6.45) is 0.513. The average molecular weight is 182 g/mol. The topological polar surface area (TPSA) is 75.7 Å². The molecule has 1 aromatic carbocycles. The molecule has 0 amide bonds. The van der Waals surface area contributed by atoms with E-state index in [0.29, 0.717) is 6.29 Å². The molecule has 3 N–H and O–H groups in total. The molecule has 0 radical (unpaired) electrons. The second kappa shape index (κ2) is 3.66. The first-order valence-corrected chi connectivity index (χ1v) is 3.41. The van der Waals surface area contributed by atoms with Crippen molar-refractivity contribution in [3.63, 3.8) is 0 Å². The number of aldehydes is 1. The zero-order chi connectivity index (χ0) is 9.84. The number of hydrogen-bond acceptors (Lipinski definition) is 3. The lowest BCUT2D eigenvalue weighted by Crippen LogP contribution is -2.15. The highest BCUT2D eigenvalue weighted by Crippen LogP contribution is 2.08. The number of nitrogens with zero attached hydrogens (tertiary/aromatic N) is 1. The number of amidine groups is 1. The van der Waals surface area contributed by atoms with Gasteiger partial charge >= 0.3 is 0 Å². The van der Waals surface area contributed by atoms with Crippen LogP contribution in [0.4, 0.5) is 4.39 Å². The van der Waals surface area contributed by atoms with E-state index in [1.165, 1.54) is 12.1 Å². The molecule has 5 heteroatoms. The molecular weight excluding hydrogens is 175 g/mol. The predicted molar refractivity (Wildman–Crippen MR) is 44.3 cm³/mol. The van der Waals surface area contributed by atoms with Gasteiger partial charge in [0.2, 0.25) is 0 Å². The largest absolute Gasteiger partial charge is 0.409 e. The molecule has 0 saturated carbocycles. The second-order valence-corrected chi connectivity index (χ2v) is 2.34. The van der Waals surface area contributed by atoms with Crippen molar-refractivity contribution in [3.05, 3.63) is 35.1 Å². The Bertz CT molecular complexity index is 363. The Labute approximate surface area is 73.5 Å². The molecule has 0 heterocycles. The first-order chi connectivity index (χ1) is 6.19. The Balaban J connectivity index is 3.20. The monoisotopic (exact) mass is 182 g/mol. The summed E-state index contributed by atoms with van der Waals surface area (Å²) in [6, 6.07) is 3.66. The normalized spacial score (nSPS) is 11.3. The molecule has 0 aliphatic heterocycles. The van der Waals surface area contributed by atoms with Crippen LogP contribution in [0, 0.1) is 5.82 Å². The lowest BCUT2D eigenvalue weighted by molar-refractivity contribution is 0.112. The van der Waals surface area contributed by atoms with Crippen molar-refractivity contribution in [3.8, 4) is 0 Å². The highest BCUT2D eigenvalue weighted by atomic mass is 19.1. The van der Waals surface area contributed by atoms with Crippen LogP contribution in [0.5, 0.6) is 0 Å². The molecule has 1 aromatic rings. The summed E-state index contributed by atoms with van der Waals surface area (Å²) in [4.78, 5) is 10.2. The van der Waals surface area contributed by atoms with Crippen molar-refractivity contribution in [1.29, 1.82) is 0 Å². The van der Waals surface area contributed by atoms with Crippen LogP contribution >= 0.6 is 0 Å². The summed E-state index contributed by atoms with van der Waals surface area (Å²) in [5, 5.41) is 10.9. The van der Waals surface area contributed by atoms with E-state index in [9.17, 15) is 9.18 Å². The minimum atomic E-state index is -0.695. The Morgan fingerprint density at radius 2 is 2.31 bits per heavy atom. The van der Waals surface area contributed by atoms with Gasteiger partial charge in [-0.15, -0.1) is 0 Å². The first-order valence-electron chi connectivity index (χ1n) is 3.41. The van der Waals surface area contributed by atoms with E-state index in [4.69, 9.17) is 10.9 Å². The Hall–Kier alpha value is -1.91. The highest BCUT2D eigenvalue weighted by Gasteiger charge is 2.06. The molecule has 0 aromatic heterocycles. The van der Waals surface area contributed by atoms with Crippen LogP contribution in [0.15, 0.2) is 23.4 Å². The second-order valence-electron chi connectivity index (χ2n) is 2.34. The summed E-state index contributed by atoms with van der Waals surface area (Å²) in [5.74, 6) is -1.02. The molecule has 13 heavy (non-hydrogen) atoms. The summed E-state index contributed by atoms with van der Waals surface area (Å²) in [5.41, 5.74) is 5.33. The van der Waals surface area contributed by atoms with Crippen molar-refractivity contribution < 1.29 is 14.4 Å². The van der Waals surface area contributed by atoms with Gasteiger partial charge in [0.05, 0.1) is 5.56 Å². The van der Waals surface area contributed by atoms with E-state index in [1.54, 1.807) is 0 Å². The minimum Gasteiger partial charge on any atom is -0.409 e. The summed E-state index contributed by atoms with van der Waals surface area (Å²) < 4.78 is 13.0. The molecule has 0 unspecified atom stereocenters. The first kappa shape index (κ1) is 9.18.